The smallest absolute Gasteiger partial charge is 0.239 e. The summed E-state index contributed by atoms with van der Waals surface area (Å²) in [5.74, 6) is 1.37. The fourth-order valence-electron chi connectivity index (χ4n) is 2.25. The molecule has 7 nitrogen and oxygen atoms in total. The fourth-order valence-corrected chi connectivity index (χ4v) is 2.25. The third-order valence-corrected chi connectivity index (χ3v) is 3.45. The average molecular weight is 505 g/mol. The van der Waals surface area contributed by atoms with E-state index in [2.05, 4.69) is 25.8 Å². The van der Waals surface area contributed by atoms with Gasteiger partial charge in [0.15, 0.2) is 5.96 Å². The van der Waals surface area contributed by atoms with Crippen LogP contribution in [0, 0.1) is 0 Å². The Kier molecular flexibility index (Phi) is 12.8. The van der Waals surface area contributed by atoms with Gasteiger partial charge in [-0.2, -0.15) is 0 Å². The van der Waals surface area contributed by atoms with E-state index in [1.165, 1.54) is 0 Å². The summed E-state index contributed by atoms with van der Waals surface area (Å²) in [4.78, 5) is 18.6. The SMILES string of the molecule is CCNC(=NCc1ccccc1OCCN(C)C)NCC(=O)NC(C)(C)C.I. The minimum Gasteiger partial charge on any atom is -0.492 e. The van der Waals surface area contributed by atoms with Gasteiger partial charge in [-0.15, -0.1) is 24.0 Å². The Bertz CT molecular complexity index is 615. The molecule has 0 aliphatic rings. The molecule has 0 unspecified atom stereocenters. The number of rotatable bonds is 9. The molecule has 3 N–H and O–H groups in total. The average Bonchev–Trinajstić information content (AvgIpc) is 2.56. The highest BCUT2D eigenvalue weighted by Gasteiger charge is 2.13. The lowest BCUT2D eigenvalue weighted by molar-refractivity contribution is -0.121. The Morgan fingerprint density at radius 3 is 2.46 bits per heavy atom. The van der Waals surface area contributed by atoms with Gasteiger partial charge >= 0.3 is 0 Å². The molecule has 1 aromatic rings. The molecule has 160 valence electrons. The van der Waals surface area contributed by atoms with E-state index in [1.54, 1.807) is 0 Å². The van der Waals surface area contributed by atoms with Gasteiger partial charge in [0.1, 0.15) is 12.4 Å². The third kappa shape index (κ3) is 12.0. The first-order valence-corrected chi connectivity index (χ1v) is 9.40. The van der Waals surface area contributed by atoms with Crippen LogP contribution in [-0.2, 0) is 11.3 Å². The first-order valence-electron chi connectivity index (χ1n) is 9.40. The molecule has 0 aromatic heterocycles. The number of carbonyl (C=O) groups excluding carboxylic acids is 1. The normalized spacial score (nSPS) is 11.6. The summed E-state index contributed by atoms with van der Waals surface area (Å²) in [5, 5.41) is 9.15. The second-order valence-electron chi connectivity index (χ2n) is 7.61. The van der Waals surface area contributed by atoms with Gasteiger partial charge in [-0.1, -0.05) is 18.2 Å². The van der Waals surface area contributed by atoms with Crippen molar-refractivity contribution >= 4 is 35.8 Å². The van der Waals surface area contributed by atoms with Gasteiger partial charge in [0.25, 0.3) is 0 Å². The van der Waals surface area contributed by atoms with Gasteiger partial charge in [-0.25, -0.2) is 4.99 Å². The number of nitrogens with zero attached hydrogens (tertiary/aromatic N) is 2. The van der Waals surface area contributed by atoms with Crippen LogP contribution in [0.5, 0.6) is 5.75 Å². The van der Waals surface area contributed by atoms with Crippen molar-refractivity contribution in [3.63, 3.8) is 0 Å². The van der Waals surface area contributed by atoms with Crippen molar-refractivity contribution in [2.45, 2.75) is 39.8 Å². The monoisotopic (exact) mass is 505 g/mol. The summed E-state index contributed by atoms with van der Waals surface area (Å²) >= 11 is 0. The number of ether oxygens (including phenoxy) is 1. The number of halogens is 1. The van der Waals surface area contributed by atoms with Gasteiger partial charge in [0.05, 0.1) is 13.1 Å². The second-order valence-corrected chi connectivity index (χ2v) is 7.61. The molecule has 0 spiro atoms. The maximum Gasteiger partial charge on any atom is 0.239 e. The van der Waals surface area contributed by atoms with E-state index < -0.39 is 0 Å². The van der Waals surface area contributed by atoms with Crippen molar-refractivity contribution < 1.29 is 9.53 Å². The zero-order valence-corrected chi connectivity index (χ0v) is 20.3. The van der Waals surface area contributed by atoms with Crippen LogP contribution in [0.1, 0.15) is 33.3 Å². The largest absolute Gasteiger partial charge is 0.492 e. The van der Waals surface area contributed by atoms with Crippen LogP contribution in [-0.4, -0.2) is 62.6 Å². The van der Waals surface area contributed by atoms with E-state index in [0.29, 0.717) is 25.7 Å². The number of para-hydroxylation sites is 1. The highest BCUT2D eigenvalue weighted by Crippen LogP contribution is 2.18. The van der Waals surface area contributed by atoms with Crippen LogP contribution in [0.15, 0.2) is 29.3 Å². The standard InChI is InChI=1S/C20H35N5O2.HI/c1-7-21-19(23-15-18(26)24-20(2,3)4)22-14-16-10-8-9-11-17(16)27-13-12-25(5)6;/h8-11H,7,12-15H2,1-6H3,(H,24,26)(H2,21,22,23);1H. The first-order chi connectivity index (χ1) is 12.7. The molecule has 0 atom stereocenters. The molecule has 0 saturated carbocycles. The molecule has 0 fully saturated rings. The van der Waals surface area contributed by atoms with E-state index in [1.807, 2.05) is 66.1 Å². The van der Waals surface area contributed by atoms with E-state index >= 15 is 0 Å². The van der Waals surface area contributed by atoms with Crippen molar-refractivity contribution in [3.8, 4) is 5.75 Å². The van der Waals surface area contributed by atoms with Crippen LogP contribution < -0.4 is 20.7 Å². The highest BCUT2D eigenvalue weighted by atomic mass is 127. The topological polar surface area (TPSA) is 78.0 Å². The number of hydrogen-bond acceptors (Lipinski definition) is 4. The van der Waals surface area contributed by atoms with Crippen molar-refractivity contribution in [3.05, 3.63) is 29.8 Å². The summed E-state index contributed by atoms with van der Waals surface area (Å²) in [7, 11) is 4.04. The number of nitrogens with one attached hydrogen (secondary N) is 3. The van der Waals surface area contributed by atoms with E-state index in [-0.39, 0.29) is 42.0 Å². The Labute approximate surface area is 186 Å². The van der Waals surface area contributed by atoms with Crippen molar-refractivity contribution in [1.82, 2.24) is 20.9 Å². The molecule has 0 radical (unpaired) electrons. The third-order valence-electron chi connectivity index (χ3n) is 3.45. The molecule has 0 bridgehead atoms. The molecule has 1 rings (SSSR count). The zero-order valence-electron chi connectivity index (χ0n) is 18.0. The number of carbonyl (C=O) groups is 1. The van der Waals surface area contributed by atoms with Gasteiger partial charge in [0, 0.05) is 24.2 Å². The molecule has 1 amide bonds. The molecule has 0 aliphatic heterocycles. The van der Waals surface area contributed by atoms with Gasteiger partial charge in [0.2, 0.25) is 5.91 Å². The number of likely N-dealkylation sites (N-methyl/N-ethyl adjacent to an activating group) is 1. The molecular weight excluding hydrogens is 469 g/mol. The van der Waals surface area contributed by atoms with E-state index in [4.69, 9.17) is 4.74 Å². The predicted molar refractivity (Wildman–Crippen MR) is 127 cm³/mol. The Morgan fingerprint density at radius 2 is 1.86 bits per heavy atom. The molecular formula is C20H36IN5O2. The van der Waals surface area contributed by atoms with Gasteiger partial charge in [-0.3, -0.25) is 4.79 Å². The summed E-state index contributed by atoms with van der Waals surface area (Å²) < 4.78 is 5.88. The Balaban J connectivity index is 0.00000729. The van der Waals surface area contributed by atoms with E-state index in [0.717, 1.165) is 17.9 Å². The number of benzene rings is 1. The molecule has 0 aliphatic carbocycles. The second kappa shape index (κ2) is 13.6. The minimum atomic E-state index is -0.253. The van der Waals surface area contributed by atoms with Crippen LogP contribution >= 0.6 is 24.0 Å². The summed E-state index contributed by atoms with van der Waals surface area (Å²) in [6.07, 6.45) is 0. The van der Waals surface area contributed by atoms with Crippen molar-refractivity contribution in [2.75, 3.05) is 40.3 Å². The quantitative estimate of drug-likeness (QED) is 0.273. The Hall–Kier alpha value is -1.55. The first kappa shape index (κ1) is 26.4. The minimum absolute atomic E-state index is 0. The number of aliphatic imine (C=N–C) groups is 1. The van der Waals surface area contributed by atoms with Crippen LogP contribution in [0.25, 0.3) is 0 Å². The predicted octanol–water partition coefficient (Wildman–Crippen LogP) is 2.21. The number of guanidine groups is 1. The van der Waals surface area contributed by atoms with Gasteiger partial charge < -0.3 is 25.6 Å². The molecule has 1 aromatic carbocycles. The highest BCUT2D eigenvalue weighted by molar-refractivity contribution is 14.0. The van der Waals surface area contributed by atoms with Crippen LogP contribution in [0.4, 0.5) is 0 Å². The maximum atomic E-state index is 12.0. The molecule has 0 heterocycles. The summed E-state index contributed by atoms with van der Waals surface area (Å²) in [6, 6.07) is 7.89. The Morgan fingerprint density at radius 1 is 1.18 bits per heavy atom. The lowest BCUT2D eigenvalue weighted by Crippen LogP contribution is -2.48. The number of amides is 1. The van der Waals surface area contributed by atoms with E-state index in [9.17, 15) is 4.79 Å². The van der Waals surface area contributed by atoms with Crippen molar-refractivity contribution in [1.29, 1.82) is 0 Å². The molecule has 8 heteroatoms. The fraction of sp³-hybridized carbons (Fsp3) is 0.600. The van der Waals surface area contributed by atoms with Crippen molar-refractivity contribution in [2.24, 2.45) is 4.99 Å². The summed E-state index contributed by atoms with van der Waals surface area (Å²) in [5.41, 5.74) is 0.754. The molecule has 28 heavy (non-hydrogen) atoms. The van der Waals surface area contributed by atoms with Crippen LogP contribution in [0.2, 0.25) is 0 Å². The summed E-state index contributed by atoms with van der Waals surface area (Å²) in [6.45, 7) is 10.7. The van der Waals surface area contributed by atoms with Crippen LogP contribution in [0.3, 0.4) is 0 Å². The van der Waals surface area contributed by atoms with Gasteiger partial charge in [-0.05, 0) is 47.9 Å². The maximum absolute atomic E-state index is 12.0. The lowest BCUT2D eigenvalue weighted by atomic mass is 10.1. The molecule has 0 saturated heterocycles. The zero-order chi connectivity index (χ0) is 20.3. The number of hydrogen-bond donors (Lipinski definition) is 3. The lowest BCUT2D eigenvalue weighted by Gasteiger charge is -2.21.